The van der Waals surface area contributed by atoms with E-state index >= 15 is 0 Å². The third-order valence-electron chi connectivity index (χ3n) is 7.70. The number of methoxy groups -OCH3 is 1. The summed E-state index contributed by atoms with van der Waals surface area (Å²) < 4.78 is 40.8. The molecule has 1 heterocycles. The van der Waals surface area contributed by atoms with Gasteiger partial charge in [-0.1, -0.05) is 48.5 Å². The van der Waals surface area contributed by atoms with E-state index in [4.69, 9.17) is 9.47 Å². The van der Waals surface area contributed by atoms with E-state index in [1.807, 2.05) is 59.5 Å². The van der Waals surface area contributed by atoms with E-state index in [1.165, 1.54) is 6.07 Å². The number of ether oxygens (including phenoxy) is 2. The van der Waals surface area contributed by atoms with Crippen molar-refractivity contribution in [3.05, 3.63) is 78.4 Å². The van der Waals surface area contributed by atoms with E-state index < -0.39 is 33.8 Å². The smallest absolute Gasteiger partial charge is 0.244 e. The zero-order valence-corrected chi connectivity index (χ0v) is 23.3. The van der Waals surface area contributed by atoms with Gasteiger partial charge in [0.2, 0.25) is 10.0 Å². The van der Waals surface area contributed by atoms with Crippen molar-refractivity contribution in [2.75, 3.05) is 33.4 Å². The molecule has 0 saturated heterocycles. The van der Waals surface area contributed by atoms with Gasteiger partial charge in [0, 0.05) is 31.6 Å². The summed E-state index contributed by atoms with van der Waals surface area (Å²) in [6.45, 7) is 0.972. The van der Waals surface area contributed by atoms with Gasteiger partial charge in [-0.2, -0.15) is 0 Å². The molecule has 0 amide bonds. The van der Waals surface area contributed by atoms with Crippen LogP contribution in [0.25, 0.3) is 11.1 Å². The van der Waals surface area contributed by atoms with Gasteiger partial charge < -0.3 is 24.8 Å². The summed E-state index contributed by atoms with van der Waals surface area (Å²) in [5.41, 5.74) is 2.01. The lowest BCUT2D eigenvalue weighted by molar-refractivity contribution is 0.0427. The largest absolute Gasteiger partial charge is 0.497 e. The Labute approximate surface area is 235 Å². The molecular formula is C30H36N2O7S. The molecule has 1 aliphatic carbocycles. The Morgan fingerprint density at radius 2 is 1.68 bits per heavy atom. The minimum Gasteiger partial charge on any atom is -0.497 e. The van der Waals surface area contributed by atoms with Crippen LogP contribution in [0, 0.1) is 5.41 Å². The van der Waals surface area contributed by atoms with E-state index in [0.717, 1.165) is 22.4 Å². The highest BCUT2D eigenvalue weighted by molar-refractivity contribution is 7.89. The lowest BCUT2D eigenvalue weighted by Gasteiger charge is -2.37. The van der Waals surface area contributed by atoms with Gasteiger partial charge in [0.1, 0.15) is 16.4 Å². The van der Waals surface area contributed by atoms with Gasteiger partial charge >= 0.3 is 0 Å². The molecule has 5 rings (SSSR count). The molecule has 0 radical (unpaired) electrons. The van der Waals surface area contributed by atoms with E-state index in [1.54, 1.807) is 19.2 Å². The molecule has 10 heteroatoms. The van der Waals surface area contributed by atoms with E-state index in [0.29, 0.717) is 13.1 Å². The Kier molecular flexibility index (Phi) is 8.46. The standard InChI is InChI=1S/C30H36N2O7S/c1-38-25-10-7-21(8-11-25)17-32-18-24(33)16-31-40(36,37)29-12-9-23(22-5-3-2-4-6-22)13-28(29)39-20-30(19-32)14-26(34)27(35)15-30/h2-13,24,26-27,31,33-35H,14-20H2,1H3/t24-,26-,27+,30?/m0/s1. The van der Waals surface area contributed by atoms with Crippen LogP contribution in [0.5, 0.6) is 11.5 Å². The van der Waals surface area contributed by atoms with Crippen LogP contribution < -0.4 is 14.2 Å². The van der Waals surface area contributed by atoms with E-state index in [-0.39, 0.29) is 43.2 Å². The average Bonchev–Trinajstić information content (AvgIpc) is 3.23. The van der Waals surface area contributed by atoms with Crippen LogP contribution in [0.2, 0.25) is 0 Å². The van der Waals surface area contributed by atoms with Gasteiger partial charge in [0.15, 0.2) is 0 Å². The fraction of sp³-hybridized carbons (Fsp3) is 0.400. The first kappa shape index (κ1) is 28.5. The second-order valence-electron chi connectivity index (χ2n) is 10.9. The van der Waals surface area contributed by atoms with Crippen molar-refractivity contribution < 1.29 is 33.2 Å². The number of hydrogen-bond donors (Lipinski definition) is 4. The molecule has 1 spiro atoms. The number of aliphatic hydroxyl groups is 3. The molecular weight excluding hydrogens is 532 g/mol. The Morgan fingerprint density at radius 1 is 0.975 bits per heavy atom. The third kappa shape index (κ3) is 6.49. The summed E-state index contributed by atoms with van der Waals surface area (Å²) >= 11 is 0. The molecule has 0 bridgehead atoms. The second-order valence-corrected chi connectivity index (χ2v) is 12.6. The first-order chi connectivity index (χ1) is 19.2. The fourth-order valence-electron chi connectivity index (χ4n) is 5.71. The Balaban J connectivity index is 1.51. The van der Waals surface area contributed by atoms with Crippen molar-refractivity contribution in [1.29, 1.82) is 0 Å². The number of nitrogens with one attached hydrogen (secondary N) is 1. The van der Waals surface area contributed by atoms with Gasteiger partial charge in [-0.15, -0.1) is 0 Å². The van der Waals surface area contributed by atoms with Crippen LogP contribution >= 0.6 is 0 Å². The first-order valence-electron chi connectivity index (χ1n) is 13.4. The van der Waals surface area contributed by atoms with Crippen LogP contribution in [0.3, 0.4) is 0 Å². The molecule has 214 valence electrons. The van der Waals surface area contributed by atoms with Crippen LogP contribution in [0.1, 0.15) is 18.4 Å². The van der Waals surface area contributed by atoms with Crippen molar-refractivity contribution >= 4 is 10.0 Å². The summed E-state index contributed by atoms with van der Waals surface area (Å²) in [6.07, 6.45) is -2.28. The third-order valence-corrected chi connectivity index (χ3v) is 9.17. The molecule has 9 nitrogen and oxygen atoms in total. The highest BCUT2D eigenvalue weighted by Gasteiger charge is 2.46. The summed E-state index contributed by atoms with van der Waals surface area (Å²) in [5, 5.41) is 32.0. The maximum absolute atomic E-state index is 13.3. The number of nitrogens with zero attached hydrogens (tertiary/aromatic N) is 1. The molecule has 2 aliphatic rings. The van der Waals surface area contributed by atoms with Gasteiger partial charge in [0.25, 0.3) is 0 Å². The maximum Gasteiger partial charge on any atom is 0.244 e. The number of sulfonamides is 1. The normalized spacial score (nSPS) is 27.2. The molecule has 1 aliphatic heterocycles. The highest BCUT2D eigenvalue weighted by Crippen LogP contribution is 2.41. The number of hydrogen-bond acceptors (Lipinski definition) is 8. The number of fused-ring (bicyclic) bond motifs is 1. The predicted octanol–water partition coefficient (Wildman–Crippen LogP) is 2.40. The molecule has 4 N–H and O–H groups in total. The lowest BCUT2D eigenvalue weighted by Crippen LogP contribution is -2.46. The number of β-amino-alcohol motifs (C(OH)–C–C–N with tert-alkyl or cyclic N) is 1. The zero-order valence-electron chi connectivity index (χ0n) is 22.4. The fourth-order valence-corrected chi connectivity index (χ4v) is 6.91. The zero-order chi connectivity index (χ0) is 28.3. The van der Waals surface area contributed by atoms with Crippen molar-refractivity contribution in [3.63, 3.8) is 0 Å². The van der Waals surface area contributed by atoms with Gasteiger partial charge in [0.05, 0.1) is 32.0 Å². The number of aliphatic hydroxyl groups excluding tert-OH is 3. The van der Waals surface area contributed by atoms with Crippen molar-refractivity contribution in [2.45, 2.75) is 42.6 Å². The van der Waals surface area contributed by atoms with Crippen LogP contribution in [-0.4, -0.2) is 80.3 Å². The van der Waals surface area contributed by atoms with Crippen molar-refractivity contribution in [3.8, 4) is 22.6 Å². The average molecular weight is 569 g/mol. The van der Waals surface area contributed by atoms with Crippen molar-refractivity contribution in [2.24, 2.45) is 5.41 Å². The molecule has 40 heavy (non-hydrogen) atoms. The van der Waals surface area contributed by atoms with E-state index in [2.05, 4.69) is 4.72 Å². The summed E-state index contributed by atoms with van der Waals surface area (Å²) in [5.74, 6) is 0.910. The summed E-state index contributed by atoms with van der Waals surface area (Å²) in [6, 6.07) is 22.1. The Hall–Kier alpha value is -2.99. The van der Waals surface area contributed by atoms with Crippen molar-refractivity contribution in [1.82, 2.24) is 9.62 Å². The summed E-state index contributed by atoms with van der Waals surface area (Å²) in [7, 11) is -2.41. The quantitative estimate of drug-likeness (QED) is 0.378. The van der Waals surface area contributed by atoms with Gasteiger partial charge in [-0.3, -0.25) is 4.90 Å². The molecule has 4 atom stereocenters. The van der Waals surface area contributed by atoms with Gasteiger partial charge in [-0.25, -0.2) is 13.1 Å². The summed E-state index contributed by atoms with van der Waals surface area (Å²) in [4.78, 5) is 2.00. The first-order valence-corrected chi connectivity index (χ1v) is 14.9. The SMILES string of the molecule is COc1ccc(CN2C[C@@H](O)CNS(=O)(=O)c3ccc(-c4ccccc4)cc3OCC3(C[C@@H](O)[C@@H](O)C3)C2)cc1. The molecule has 1 unspecified atom stereocenters. The number of benzene rings is 3. The second kappa shape index (κ2) is 11.9. The maximum atomic E-state index is 13.3. The van der Waals surface area contributed by atoms with Crippen LogP contribution in [-0.2, 0) is 16.6 Å². The molecule has 1 fully saturated rings. The minimum atomic E-state index is -4.01. The lowest BCUT2D eigenvalue weighted by atomic mass is 9.85. The Morgan fingerprint density at radius 3 is 2.35 bits per heavy atom. The topological polar surface area (TPSA) is 129 Å². The van der Waals surface area contributed by atoms with E-state index in [9.17, 15) is 23.7 Å². The highest BCUT2D eigenvalue weighted by atomic mass is 32.2. The predicted molar refractivity (Wildman–Crippen MR) is 151 cm³/mol. The molecule has 1 saturated carbocycles. The molecule has 3 aromatic carbocycles. The molecule has 3 aromatic rings. The van der Waals surface area contributed by atoms with Crippen LogP contribution in [0.15, 0.2) is 77.7 Å². The van der Waals surface area contributed by atoms with Gasteiger partial charge in [-0.05, 0) is 53.8 Å². The monoisotopic (exact) mass is 568 g/mol. The minimum absolute atomic E-state index is 0.0238. The Bertz CT molecular complexity index is 1390. The molecule has 0 aromatic heterocycles. The number of rotatable bonds is 4. The van der Waals surface area contributed by atoms with Crippen LogP contribution in [0.4, 0.5) is 0 Å².